The van der Waals surface area contributed by atoms with E-state index in [2.05, 4.69) is 35.0 Å². The van der Waals surface area contributed by atoms with Gasteiger partial charge >= 0.3 is 0 Å². The number of nitrogens with zero attached hydrogens (tertiary/aromatic N) is 8. The number of nitrogens with two attached hydrogens (primary N) is 1. The van der Waals surface area contributed by atoms with Crippen molar-refractivity contribution in [2.24, 2.45) is 0 Å². The molecular weight excluding hydrogens is 618 g/mol. The Labute approximate surface area is 276 Å². The number of aryl methyl sites for hydroxylation is 1. The van der Waals surface area contributed by atoms with E-state index in [-0.39, 0.29) is 12.1 Å². The molecule has 4 aromatic rings. The van der Waals surface area contributed by atoms with Crippen molar-refractivity contribution in [1.82, 2.24) is 29.8 Å². The third-order valence-electron chi connectivity index (χ3n) is 11.2. The molecule has 5 atom stereocenters. The number of piperidine rings is 1. The Morgan fingerprint density at radius 1 is 1.19 bits per heavy atom. The molecule has 0 radical (unpaired) electrons. The summed E-state index contributed by atoms with van der Waals surface area (Å²) in [5, 5.41) is 32.3. The average molecular weight is 658 g/mol. The van der Waals surface area contributed by atoms with Crippen LogP contribution in [0.15, 0.2) is 4.52 Å². The quantitative estimate of drug-likeness (QED) is 0.327. The smallest absolute Gasteiger partial charge is 0.246 e. The molecule has 5 aliphatic rings. The summed E-state index contributed by atoms with van der Waals surface area (Å²) >= 11 is 1.47. The molecule has 1 aliphatic carbocycles. The molecule has 0 saturated carbocycles. The molecule has 4 aliphatic heterocycles. The second kappa shape index (κ2) is 10.4. The summed E-state index contributed by atoms with van der Waals surface area (Å²) < 4.78 is 21.2. The number of hydrogen-bond donors (Lipinski definition) is 2. The highest BCUT2D eigenvalue weighted by atomic mass is 32.1. The predicted octanol–water partition coefficient (Wildman–Crippen LogP) is 3.92. The molecule has 0 unspecified atom stereocenters. The van der Waals surface area contributed by atoms with E-state index in [9.17, 15) is 10.4 Å². The molecule has 3 N–H and O–H groups in total. The van der Waals surface area contributed by atoms with Crippen LogP contribution < -0.4 is 15.4 Å². The molecular formula is C33H39N9O4S. The summed E-state index contributed by atoms with van der Waals surface area (Å²) in [6.45, 7) is 6.45. The van der Waals surface area contributed by atoms with Gasteiger partial charge in [0.25, 0.3) is 0 Å². The fraction of sp³-hybridized carbons (Fsp3) is 0.606. The summed E-state index contributed by atoms with van der Waals surface area (Å²) in [4.78, 5) is 16.1. The van der Waals surface area contributed by atoms with Crippen molar-refractivity contribution in [2.45, 2.75) is 94.5 Å². The molecule has 0 bridgehead atoms. The van der Waals surface area contributed by atoms with E-state index in [1.165, 1.54) is 11.3 Å². The lowest BCUT2D eigenvalue weighted by atomic mass is 9.76. The van der Waals surface area contributed by atoms with Crippen molar-refractivity contribution in [3.05, 3.63) is 27.3 Å². The highest BCUT2D eigenvalue weighted by Gasteiger charge is 2.51. The molecule has 9 rings (SSSR count). The number of aliphatic hydroxyl groups is 1. The number of fused-ring (bicyclic) bond motifs is 6. The molecule has 246 valence electrons. The molecule has 4 aromatic heterocycles. The molecule has 0 aromatic carbocycles. The zero-order valence-corrected chi connectivity index (χ0v) is 27.8. The summed E-state index contributed by atoms with van der Waals surface area (Å²) in [6.07, 6.45) is 6.64. The highest BCUT2D eigenvalue weighted by molar-refractivity contribution is 7.16. The number of anilines is 2. The predicted molar refractivity (Wildman–Crippen MR) is 174 cm³/mol. The number of hydrogen-bond acceptors (Lipinski definition) is 13. The summed E-state index contributed by atoms with van der Waals surface area (Å²) in [6, 6.07) is 2.72. The van der Waals surface area contributed by atoms with Crippen LogP contribution in [0.3, 0.4) is 0 Å². The van der Waals surface area contributed by atoms with Gasteiger partial charge in [0.1, 0.15) is 28.9 Å². The van der Waals surface area contributed by atoms with Gasteiger partial charge in [-0.15, -0.1) is 16.4 Å². The Morgan fingerprint density at radius 2 is 2.06 bits per heavy atom. The van der Waals surface area contributed by atoms with Gasteiger partial charge in [-0.1, -0.05) is 5.16 Å². The second-order valence-electron chi connectivity index (χ2n) is 14.2. The maximum absolute atomic E-state index is 11.2. The van der Waals surface area contributed by atoms with Crippen LogP contribution in [0.25, 0.3) is 22.6 Å². The standard InChI is InChI=1S/C33H39N9O4S/c1-17(21-6-5-12-40(21)3)42-30-23-29(41-16-32(2,43)11-8-18(41)15-44-31(23)38-42)36-28(37-30)25-19-9-13-45-33(26(19)46-39-25)10-4-7-22-24(33)20(14-34)27(35)47-22/h17-18,21,43H,4-13,15-16,35H2,1-3H3/t17-,18+,21-,32+,33-/m0/s1. The average Bonchev–Trinajstić information content (AvgIpc) is 3.82. The fourth-order valence-corrected chi connectivity index (χ4v) is 9.97. The van der Waals surface area contributed by atoms with Crippen molar-refractivity contribution in [3.63, 3.8) is 0 Å². The van der Waals surface area contributed by atoms with Crippen molar-refractivity contribution in [3.8, 4) is 23.5 Å². The van der Waals surface area contributed by atoms with Gasteiger partial charge in [-0.25, -0.2) is 14.6 Å². The van der Waals surface area contributed by atoms with E-state index < -0.39 is 11.2 Å². The third kappa shape index (κ3) is 4.22. The van der Waals surface area contributed by atoms with Crippen LogP contribution >= 0.6 is 11.3 Å². The second-order valence-corrected chi connectivity index (χ2v) is 15.4. The minimum Gasteiger partial charge on any atom is -0.474 e. The first-order chi connectivity index (χ1) is 22.7. The Balaban J connectivity index is 1.24. The van der Waals surface area contributed by atoms with Crippen LogP contribution in [0.5, 0.6) is 5.88 Å². The molecule has 13 nitrogen and oxygen atoms in total. The lowest BCUT2D eigenvalue weighted by molar-refractivity contribution is -0.0580. The van der Waals surface area contributed by atoms with Crippen LogP contribution in [-0.4, -0.2) is 85.9 Å². The number of nitriles is 1. The fourth-order valence-electron chi connectivity index (χ4n) is 8.83. The summed E-state index contributed by atoms with van der Waals surface area (Å²) in [7, 11) is 2.17. The Morgan fingerprint density at radius 3 is 2.87 bits per heavy atom. The first-order valence-corrected chi connectivity index (χ1v) is 17.6. The molecule has 0 amide bonds. The minimum atomic E-state index is -0.928. The van der Waals surface area contributed by atoms with Crippen molar-refractivity contribution in [1.29, 1.82) is 5.26 Å². The number of likely N-dealkylation sites (tertiary alicyclic amines) is 1. The van der Waals surface area contributed by atoms with Gasteiger partial charge in [-0.3, -0.25) is 0 Å². The molecule has 8 heterocycles. The van der Waals surface area contributed by atoms with Crippen molar-refractivity contribution < 1.29 is 19.1 Å². The molecule has 47 heavy (non-hydrogen) atoms. The van der Waals surface area contributed by atoms with Crippen molar-refractivity contribution in [2.75, 3.05) is 44.0 Å². The number of rotatable bonds is 3. The normalized spacial score (nSPS) is 29.2. The van der Waals surface area contributed by atoms with Crippen LogP contribution in [0, 0.1) is 11.3 Å². The lowest BCUT2D eigenvalue weighted by Gasteiger charge is -2.42. The monoisotopic (exact) mass is 657 g/mol. The van der Waals surface area contributed by atoms with Gasteiger partial charge in [-0.05, 0) is 72.4 Å². The van der Waals surface area contributed by atoms with Crippen molar-refractivity contribution >= 4 is 33.2 Å². The highest BCUT2D eigenvalue weighted by Crippen LogP contribution is 2.53. The number of ether oxygens (including phenoxy) is 2. The van der Waals surface area contributed by atoms with E-state index in [0.717, 1.165) is 60.0 Å². The van der Waals surface area contributed by atoms with Crippen LogP contribution in [0.4, 0.5) is 10.8 Å². The Kier molecular flexibility index (Phi) is 6.48. The van der Waals surface area contributed by atoms with E-state index >= 15 is 0 Å². The van der Waals surface area contributed by atoms with Crippen LogP contribution in [0.2, 0.25) is 0 Å². The topological polar surface area (TPSA) is 165 Å². The minimum absolute atomic E-state index is 0.0367. The molecule has 2 fully saturated rings. The Bertz CT molecular complexity index is 1950. The molecule has 14 heteroatoms. The lowest BCUT2D eigenvalue weighted by Crippen LogP contribution is -2.53. The maximum Gasteiger partial charge on any atom is 0.246 e. The summed E-state index contributed by atoms with van der Waals surface area (Å²) in [5.41, 5.74) is 7.99. The third-order valence-corrected chi connectivity index (χ3v) is 12.3. The van der Waals surface area contributed by atoms with Crippen LogP contribution in [-0.2, 0) is 23.2 Å². The van der Waals surface area contributed by atoms with E-state index in [1.807, 2.05) is 11.6 Å². The Hall–Kier alpha value is -3.77. The number of nitrogen functional groups attached to an aromatic ring is 1. The maximum atomic E-state index is 11.2. The number of likely N-dealkylation sites (N-methyl/N-ethyl adjacent to an activating group) is 1. The first-order valence-electron chi connectivity index (χ1n) is 16.8. The molecule has 2 saturated heterocycles. The van der Waals surface area contributed by atoms with Gasteiger partial charge < -0.3 is 34.6 Å². The van der Waals surface area contributed by atoms with Gasteiger partial charge in [-0.2, -0.15) is 5.26 Å². The van der Waals surface area contributed by atoms with Crippen LogP contribution in [0.1, 0.15) is 85.7 Å². The van der Waals surface area contributed by atoms with E-state index in [1.54, 1.807) is 0 Å². The van der Waals surface area contributed by atoms with E-state index in [4.69, 9.17) is 34.8 Å². The van der Waals surface area contributed by atoms with Gasteiger partial charge in [0.2, 0.25) is 5.88 Å². The number of aromatic nitrogens is 5. The zero-order chi connectivity index (χ0) is 32.2. The largest absolute Gasteiger partial charge is 0.474 e. The summed E-state index contributed by atoms with van der Waals surface area (Å²) in [5.74, 6) is 2.30. The number of thiophene rings is 1. The zero-order valence-electron chi connectivity index (χ0n) is 27.0. The first kappa shape index (κ1) is 29.4. The molecule has 1 spiro atoms. The van der Waals surface area contributed by atoms with Gasteiger partial charge in [0.05, 0.1) is 29.9 Å². The van der Waals surface area contributed by atoms with E-state index in [0.29, 0.717) is 90.3 Å². The van der Waals surface area contributed by atoms with Gasteiger partial charge in [0, 0.05) is 35.0 Å². The van der Waals surface area contributed by atoms with Gasteiger partial charge in [0.15, 0.2) is 28.5 Å². The SMILES string of the molecule is C[C@@H]([C@@H]1CCCN1C)n1nc2c3c(nc(-c4noc5c4CCO[C@]54CCCc5sc(N)c(C#N)c54)nc31)N1C[C@](C)(O)CC[C@@H]1CO2.